The monoisotopic (exact) mass is 361 g/mol. The summed E-state index contributed by atoms with van der Waals surface area (Å²) in [4.78, 5) is 13.9. The number of ether oxygens (including phenoxy) is 1. The number of amides is 1. The molecule has 1 heterocycles. The van der Waals surface area contributed by atoms with Gasteiger partial charge in [-0.2, -0.15) is 0 Å². The van der Waals surface area contributed by atoms with Gasteiger partial charge in [-0.05, 0) is 54.9 Å². The van der Waals surface area contributed by atoms with E-state index in [-0.39, 0.29) is 24.1 Å². The zero-order valence-corrected chi connectivity index (χ0v) is 15.1. The highest BCUT2D eigenvalue weighted by molar-refractivity contribution is 7.27. The molecule has 0 saturated carbocycles. The summed E-state index contributed by atoms with van der Waals surface area (Å²) in [5.74, 6) is -0.332. The fourth-order valence-corrected chi connectivity index (χ4v) is 3.26. The van der Waals surface area contributed by atoms with E-state index in [0.717, 1.165) is 11.0 Å². The molecule has 0 aliphatic carbocycles. The molecule has 1 N–H and O–H groups in total. The highest BCUT2D eigenvalue weighted by Crippen LogP contribution is 2.30. The number of carbonyl (C=O) groups excluding carboxylic acids is 1. The van der Waals surface area contributed by atoms with Gasteiger partial charge in [0.25, 0.3) is 0 Å². The van der Waals surface area contributed by atoms with Gasteiger partial charge >= 0.3 is 6.09 Å². The van der Waals surface area contributed by atoms with Crippen LogP contribution in [0.2, 0.25) is 0 Å². The van der Waals surface area contributed by atoms with Crippen LogP contribution in [-0.4, -0.2) is 23.3 Å². The summed E-state index contributed by atoms with van der Waals surface area (Å²) in [6.07, 6.45) is -0.406. The predicted octanol–water partition coefficient (Wildman–Crippen LogP) is 3.55. The minimum Gasteiger partial charge on any atom is -0.444 e. The normalized spacial score (nSPS) is 21.3. The van der Waals surface area contributed by atoms with Crippen LogP contribution in [0.15, 0.2) is 48.5 Å². The molecule has 3 rings (SSSR count). The Hall–Kier alpha value is -1.97. The molecule has 2 unspecified atom stereocenters. The van der Waals surface area contributed by atoms with Gasteiger partial charge < -0.3 is 9.84 Å². The third-order valence-corrected chi connectivity index (χ3v) is 4.93. The summed E-state index contributed by atoms with van der Waals surface area (Å²) in [6.45, 7) is 1.94. The van der Waals surface area contributed by atoms with Crippen molar-refractivity contribution in [2.24, 2.45) is 0 Å². The molecule has 132 valence electrons. The lowest BCUT2D eigenvalue weighted by Gasteiger charge is -2.21. The van der Waals surface area contributed by atoms with Crippen molar-refractivity contribution in [1.82, 2.24) is 0 Å². The van der Waals surface area contributed by atoms with Crippen LogP contribution >= 0.6 is 9.24 Å². The molecule has 2 aromatic carbocycles. The number of carbonyl (C=O) groups is 1. The molecule has 0 radical (unpaired) electrons. The van der Waals surface area contributed by atoms with Gasteiger partial charge in [0, 0.05) is 5.69 Å². The number of hydrogen-bond acceptors (Lipinski definition) is 3. The number of hydrogen-bond donors (Lipinski definition) is 1. The molecule has 25 heavy (non-hydrogen) atoms. The van der Waals surface area contributed by atoms with Crippen molar-refractivity contribution >= 4 is 26.3 Å². The highest BCUT2D eigenvalue weighted by atomic mass is 31.0. The Morgan fingerprint density at radius 2 is 1.84 bits per heavy atom. The molecular weight excluding hydrogens is 340 g/mol. The van der Waals surface area contributed by atoms with Crippen molar-refractivity contribution in [2.75, 3.05) is 4.90 Å². The molecule has 1 amide bonds. The van der Waals surface area contributed by atoms with E-state index in [2.05, 4.69) is 9.24 Å². The molecule has 1 aliphatic heterocycles. The zero-order chi connectivity index (χ0) is 18.0. The van der Waals surface area contributed by atoms with Crippen LogP contribution in [0.25, 0.3) is 0 Å². The van der Waals surface area contributed by atoms with E-state index >= 15 is 0 Å². The Bertz CT molecular complexity index is 735. The van der Waals surface area contributed by atoms with Crippen LogP contribution in [-0.2, 0) is 4.74 Å². The van der Waals surface area contributed by atoms with Crippen LogP contribution in [0.1, 0.15) is 31.4 Å². The van der Waals surface area contributed by atoms with Crippen LogP contribution in [0.5, 0.6) is 0 Å². The number of halogens is 1. The summed E-state index contributed by atoms with van der Waals surface area (Å²) in [6, 6.07) is 13.3. The standard InChI is InChI=1S/C19H21FNO3P/c1-12-18(11-10-17(22)13-2-4-14(20)5-3-13)24-19(23)21(12)15-6-8-16(25)9-7-15/h2-9,12,17-18,22H,10-11,25H2,1H3/t12?,17-,18+/m0/s1. The quantitative estimate of drug-likeness (QED) is 0.829. The van der Waals surface area contributed by atoms with E-state index in [1.165, 1.54) is 12.1 Å². The number of aliphatic hydroxyl groups excluding tert-OH is 1. The average molecular weight is 361 g/mol. The summed E-state index contributed by atoms with van der Waals surface area (Å²) >= 11 is 0. The van der Waals surface area contributed by atoms with Crippen molar-refractivity contribution in [3.63, 3.8) is 0 Å². The lowest BCUT2D eigenvalue weighted by molar-refractivity contribution is 0.103. The third kappa shape index (κ3) is 4.00. The summed E-state index contributed by atoms with van der Waals surface area (Å²) in [5, 5.41) is 11.3. The number of benzene rings is 2. The SMILES string of the molecule is CC1[C@@H](CC[C@H](O)c2ccc(F)cc2)OC(=O)N1c1ccc(P)cc1. The maximum atomic E-state index is 13.0. The lowest BCUT2D eigenvalue weighted by Crippen LogP contribution is -2.34. The van der Waals surface area contributed by atoms with Gasteiger partial charge in [0.1, 0.15) is 11.9 Å². The number of nitrogens with zero attached hydrogens (tertiary/aromatic N) is 1. The van der Waals surface area contributed by atoms with Crippen molar-refractivity contribution in [3.05, 3.63) is 59.9 Å². The van der Waals surface area contributed by atoms with Crippen LogP contribution in [0.4, 0.5) is 14.9 Å². The van der Waals surface area contributed by atoms with E-state index in [1.54, 1.807) is 17.0 Å². The Kier molecular flexibility index (Phi) is 5.36. The fraction of sp³-hybridized carbons (Fsp3) is 0.316. The van der Waals surface area contributed by atoms with Gasteiger partial charge in [0.2, 0.25) is 0 Å². The molecule has 4 nitrogen and oxygen atoms in total. The van der Waals surface area contributed by atoms with Crippen LogP contribution in [0, 0.1) is 5.82 Å². The maximum absolute atomic E-state index is 13.0. The number of anilines is 1. The molecule has 1 fully saturated rings. The first-order chi connectivity index (χ1) is 12.0. The molecule has 0 aromatic heterocycles. The first kappa shape index (κ1) is 17.8. The minimum absolute atomic E-state index is 0.122. The first-order valence-electron chi connectivity index (χ1n) is 8.24. The molecule has 0 spiro atoms. The third-order valence-electron chi connectivity index (χ3n) is 4.54. The molecule has 0 bridgehead atoms. The Morgan fingerprint density at radius 1 is 1.20 bits per heavy atom. The second-order valence-electron chi connectivity index (χ2n) is 6.27. The molecule has 4 atom stereocenters. The van der Waals surface area contributed by atoms with Crippen molar-refractivity contribution < 1.29 is 19.0 Å². The Balaban J connectivity index is 1.63. The van der Waals surface area contributed by atoms with E-state index in [9.17, 15) is 14.3 Å². The van der Waals surface area contributed by atoms with Gasteiger partial charge in [-0.15, -0.1) is 9.24 Å². The molecule has 1 saturated heterocycles. The minimum atomic E-state index is -0.711. The molecule has 1 aliphatic rings. The van der Waals surface area contributed by atoms with E-state index in [4.69, 9.17) is 4.74 Å². The number of cyclic esters (lactones) is 1. The Labute approximate surface area is 148 Å². The topological polar surface area (TPSA) is 49.8 Å². The number of rotatable bonds is 5. The van der Waals surface area contributed by atoms with Crippen molar-refractivity contribution in [3.8, 4) is 0 Å². The van der Waals surface area contributed by atoms with Crippen LogP contribution < -0.4 is 10.2 Å². The first-order valence-corrected chi connectivity index (χ1v) is 8.82. The number of aliphatic hydroxyl groups is 1. The largest absolute Gasteiger partial charge is 0.444 e. The second-order valence-corrected chi connectivity index (χ2v) is 6.94. The summed E-state index contributed by atoms with van der Waals surface area (Å²) in [7, 11) is 2.61. The zero-order valence-electron chi connectivity index (χ0n) is 13.9. The maximum Gasteiger partial charge on any atom is 0.415 e. The van der Waals surface area contributed by atoms with Gasteiger partial charge in [0.15, 0.2) is 0 Å². The predicted molar refractivity (Wildman–Crippen MR) is 98.6 cm³/mol. The van der Waals surface area contributed by atoms with Gasteiger partial charge in [-0.1, -0.05) is 24.3 Å². The fourth-order valence-electron chi connectivity index (χ4n) is 3.07. The molecular formula is C19H21FNO3P. The molecule has 2 aromatic rings. The lowest BCUT2D eigenvalue weighted by atomic mass is 10.00. The van der Waals surface area contributed by atoms with Crippen molar-refractivity contribution in [1.29, 1.82) is 0 Å². The summed E-state index contributed by atoms with van der Waals surface area (Å²) in [5.41, 5.74) is 1.46. The smallest absolute Gasteiger partial charge is 0.415 e. The second kappa shape index (κ2) is 7.51. The van der Waals surface area contributed by atoms with Gasteiger partial charge in [-0.25, -0.2) is 9.18 Å². The van der Waals surface area contributed by atoms with E-state index in [0.29, 0.717) is 18.4 Å². The highest BCUT2D eigenvalue weighted by Gasteiger charge is 2.39. The molecule has 6 heteroatoms. The van der Waals surface area contributed by atoms with E-state index in [1.807, 2.05) is 31.2 Å². The van der Waals surface area contributed by atoms with E-state index < -0.39 is 6.10 Å². The van der Waals surface area contributed by atoms with Crippen LogP contribution in [0.3, 0.4) is 0 Å². The average Bonchev–Trinajstić information content (AvgIpc) is 2.88. The summed E-state index contributed by atoms with van der Waals surface area (Å²) < 4.78 is 18.4. The Morgan fingerprint density at radius 3 is 2.48 bits per heavy atom. The van der Waals surface area contributed by atoms with Gasteiger partial charge in [-0.3, -0.25) is 4.90 Å². The van der Waals surface area contributed by atoms with Gasteiger partial charge in [0.05, 0.1) is 12.1 Å². The van der Waals surface area contributed by atoms with Crippen molar-refractivity contribution in [2.45, 2.75) is 38.0 Å².